The van der Waals surface area contributed by atoms with Gasteiger partial charge in [0.2, 0.25) is 0 Å². The second-order valence-corrected chi connectivity index (χ2v) is 6.27. The number of thiophene rings is 1. The minimum Gasteiger partial charge on any atom is -0.426 e. The molecule has 0 aliphatic rings. The van der Waals surface area contributed by atoms with Crippen LogP contribution in [-0.4, -0.2) is 5.97 Å². The number of hydrogen-bond donors (Lipinski definition) is 0. The molecule has 3 heteroatoms. The summed E-state index contributed by atoms with van der Waals surface area (Å²) in [6.07, 6.45) is 7.36. The maximum atomic E-state index is 11.6. The molecule has 0 saturated carbocycles. The predicted octanol–water partition coefficient (Wildman–Crippen LogP) is 5.63. The van der Waals surface area contributed by atoms with E-state index in [4.69, 9.17) is 4.74 Å². The van der Waals surface area contributed by atoms with Gasteiger partial charge in [-0.25, -0.2) is 0 Å². The summed E-state index contributed by atoms with van der Waals surface area (Å²) in [5, 5.41) is 0. The van der Waals surface area contributed by atoms with Gasteiger partial charge < -0.3 is 4.74 Å². The Morgan fingerprint density at radius 2 is 1.86 bits per heavy atom. The summed E-state index contributed by atoms with van der Waals surface area (Å²) in [5.74, 6) is 0.378. The highest BCUT2D eigenvalue weighted by molar-refractivity contribution is 7.15. The molecule has 2 aromatic rings. The highest BCUT2D eigenvalue weighted by Gasteiger charge is 2.05. The van der Waals surface area contributed by atoms with E-state index in [0.29, 0.717) is 12.2 Å². The molecule has 0 aliphatic carbocycles. The Kier molecular flexibility index (Phi) is 6.41. The molecular weight excluding hydrogens is 292 g/mol. The van der Waals surface area contributed by atoms with Crippen LogP contribution in [0.1, 0.15) is 38.0 Å². The van der Waals surface area contributed by atoms with Crippen molar-refractivity contribution in [2.45, 2.75) is 39.5 Å². The fourth-order valence-corrected chi connectivity index (χ4v) is 3.24. The van der Waals surface area contributed by atoms with Crippen LogP contribution in [0.25, 0.3) is 10.4 Å². The monoisotopic (exact) mass is 314 g/mol. The average Bonchev–Trinajstić information content (AvgIpc) is 2.97. The van der Waals surface area contributed by atoms with Crippen molar-refractivity contribution in [1.82, 2.24) is 0 Å². The Hall–Kier alpha value is -1.87. The number of aryl methyl sites for hydroxylation is 1. The average molecular weight is 314 g/mol. The van der Waals surface area contributed by atoms with E-state index in [0.717, 1.165) is 18.4 Å². The van der Waals surface area contributed by atoms with E-state index in [9.17, 15) is 4.79 Å². The van der Waals surface area contributed by atoms with Gasteiger partial charge in [-0.1, -0.05) is 32.4 Å². The summed E-state index contributed by atoms with van der Waals surface area (Å²) in [6, 6.07) is 12.1. The Bertz CT molecular complexity index is 623. The molecule has 1 aromatic carbocycles. The number of hydrogen-bond acceptors (Lipinski definition) is 3. The van der Waals surface area contributed by atoms with E-state index in [1.54, 1.807) is 0 Å². The zero-order valence-electron chi connectivity index (χ0n) is 13.2. The number of carbonyl (C=O) groups is 1. The van der Waals surface area contributed by atoms with Crippen molar-refractivity contribution in [2.24, 2.45) is 0 Å². The van der Waals surface area contributed by atoms with Crippen LogP contribution in [0.4, 0.5) is 0 Å². The third-order valence-electron chi connectivity index (χ3n) is 3.22. The fourth-order valence-electron chi connectivity index (χ4n) is 2.12. The molecular formula is C19H22O2S. The van der Waals surface area contributed by atoms with E-state index in [1.807, 2.05) is 54.7 Å². The summed E-state index contributed by atoms with van der Waals surface area (Å²) < 4.78 is 5.31. The zero-order chi connectivity index (χ0) is 15.8. The number of rotatable bonds is 7. The highest BCUT2D eigenvalue weighted by atomic mass is 32.1. The van der Waals surface area contributed by atoms with Crippen LogP contribution in [0.5, 0.6) is 5.75 Å². The van der Waals surface area contributed by atoms with Crippen LogP contribution >= 0.6 is 11.3 Å². The number of allylic oxidation sites excluding steroid dienone is 1. The third-order valence-corrected chi connectivity index (χ3v) is 4.41. The van der Waals surface area contributed by atoms with Gasteiger partial charge >= 0.3 is 5.97 Å². The van der Waals surface area contributed by atoms with Crippen LogP contribution in [0, 0.1) is 0 Å². The summed E-state index contributed by atoms with van der Waals surface area (Å²) in [5.41, 5.74) is 1.16. The van der Waals surface area contributed by atoms with E-state index in [-0.39, 0.29) is 5.97 Å². The van der Waals surface area contributed by atoms with Crippen LogP contribution in [0.3, 0.4) is 0 Å². The zero-order valence-corrected chi connectivity index (χ0v) is 14.0. The van der Waals surface area contributed by atoms with Crippen molar-refractivity contribution in [3.05, 3.63) is 53.4 Å². The molecule has 1 heterocycles. The van der Waals surface area contributed by atoms with Gasteiger partial charge in [0.25, 0.3) is 0 Å². The Balaban J connectivity index is 1.97. The van der Waals surface area contributed by atoms with Gasteiger partial charge in [0.05, 0.1) is 6.42 Å². The van der Waals surface area contributed by atoms with Crippen LogP contribution in [0.2, 0.25) is 0 Å². The molecule has 22 heavy (non-hydrogen) atoms. The van der Waals surface area contributed by atoms with Crippen molar-refractivity contribution >= 4 is 17.3 Å². The molecule has 2 nitrogen and oxygen atoms in total. The minimum atomic E-state index is -0.223. The van der Waals surface area contributed by atoms with E-state index < -0.39 is 0 Å². The lowest BCUT2D eigenvalue weighted by atomic mass is 10.2. The van der Waals surface area contributed by atoms with Crippen molar-refractivity contribution in [3.8, 4) is 16.2 Å². The lowest BCUT2D eigenvalue weighted by Gasteiger charge is -2.04. The molecule has 0 aliphatic heterocycles. The molecule has 0 saturated heterocycles. The molecule has 0 N–H and O–H groups in total. The molecule has 116 valence electrons. The number of carbonyl (C=O) groups excluding carboxylic acids is 1. The minimum absolute atomic E-state index is 0.223. The Labute approximate surface area is 136 Å². The molecule has 1 aromatic heterocycles. The standard InChI is InChI=1S/C19H22O2S/c1-3-5-6-8-19(20)21-16-11-9-15(10-12-16)18-14-13-17(22-18)7-4-2/h5-6,9-14H,3-4,7-8H2,1-2H3/b6-5-. The lowest BCUT2D eigenvalue weighted by Crippen LogP contribution is -2.05. The smallest absolute Gasteiger partial charge is 0.315 e. The molecule has 0 unspecified atom stereocenters. The maximum Gasteiger partial charge on any atom is 0.315 e. The fraction of sp³-hybridized carbons (Fsp3) is 0.316. The highest BCUT2D eigenvalue weighted by Crippen LogP contribution is 2.30. The molecule has 2 rings (SSSR count). The molecule has 0 amide bonds. The van der Waals surface area contributed by atoms with Crippen molar-refractivity contribution in [2.75, 3.05) is 0 Å². The van der Waals surface area contributed by atoms with Gasteiger partial charge in [0.15, 0.2) is 0 Å². The van der Waals surface area contributed by atoms with Crippen LogP contribution in [0.15, 0.2) is 48.6 Å². The molecule has 0 bridgehead atoms. The van der Waals surface area contributed by atoms with Gasteiger partial charge in [-0.2, -0.15) is 0 Å². The first kappa shape index (κ1) is 16.5. The second kappa shape index (κ2) is 8.54. The first-order valence-corrected chi connectivity index (χ1v) is 8.59. The van der Waals surface area contributed by atoms with Crippen LogP contribution < -0.4 is 4.74 Å². The van der Waals surface area contributed by atoms with Gasteiger partial charge in [-0.15, -0.1) is 11.3 Å². The summed E-state index contributed by atoms with van der Waals surface area (Å²) >= 11 is 1.83. The van der Waals surface area contributed by atoms with Crippen molar-refractivity contribution in [1.29, 1.82) is 0 Å². The molecule has 0 radical (unpaired) electrons. The summed E-state index contributed by atoms with van der Waals surface area (Å²) in [7, 11) is 0. The quantitative estimate of drug-likeness (QED) is 0.376. The van der Waals surface area contributed by atoms with E-state index in [2.05, 4.69) is 19.1 Å². The first-order valence-electron chi connectivity index (χ1n) is 7.77. The number of benzene rings is 1. The first-order chi connectivity index (χ1) is 10.7. The van der Waals surface area contributed by atoms with E-state index >= 15 is 0 Å². The van der Waals surface area contributed by atoms with Gasteiger partial charge in [-0.05, 0) is 54.8 Å². The SMILES string of the molecule is CC/C=C\CC(=O)Oc1ccc(-c2ccc(CCC)s2)cc1. The normalized spacial score (nSPS) is 11.0. The van der Waals surface area contributed by atoms with Gasteiger partial charge in [0, 0.05) is 9.75 Å². The maximum absolute atomic E-state index is 11.6. The number of esters is 1. The molecule has 0 fully saturated rings. The Morgan fingerprint density at radius 1 is 1.09 bits per heavy atom. The Morgan fingerprint density at radius 3 is 2.55 bits per heavy atom. The van der Waals surface area contributed by atoms with Crippen LogP contribution in [-0.2, 0) is 11.2 Å². The van der Waals surface area contributed by atoms with Gasteiger partial charge in [0.1, 0.15) is 5.75 Å². The third kappa shape index (κ3) is 4.85. The van der Waals surface area contributed by atoms with Crippen molar-refractivity contribution < 1.29 is 9.53 Å². The van der Waals surface area contributed by atoms with Crippen molar-refractivity contribution in [3.63, 3.8) is 0 Å². The predicted molar refractivity (Wildman–Crippen MR) is 93.4 cm³/mol. The summed E-state index contributed by atoms with van der Waals surface area (Å²) in [6.45, 7) is 4.23. The largest absolute Gasteiger partial charge is 0.426 e. The van der Waals surface area contributed by atoms with E-state index in [1.165, 1.54) is 16.2 Å². The second-order valence-electron chi connectivity index (χ2n) is 5.10. The van der Waals surface area contributed by atoms with Gasteiger partial charge in [-0.3, -0.25) is 4.79 Å². The molecule has 0 spiro atoms. The number of ether oxygens (including phenoxy) is 1. The molecule has 0 atom stereocenters. The summed E-state index contributed by atoms with van der Waals surface area (Å²) in [4.78, 5) is 14.3. The lowest BCUT2D eigenvalue weighted by molar-refractivity contribution is -0.133. The topological polar surface area (TPSA) is 26.3 Å².